The monoisotopic (exact) mass is 207 g/mol. The molecule has 0 bridgehead atoms. The highest BCUT2D eigenvalue weighted by Gasteiger charge is 2.24. The Kier molecular flexibility index (Phi) is 2.97. The molecule has 1 aliphatic carbocycles. The van der Waals surface area contributed by atoms with Crippen molar-refractivity contribution in [3.8, 4) is 6.07 Å². The van der Waals surface area contributed by atoms with Crippen LogP contribution in [0.5, 0.6) is 0 Å². The predicted octanol–water partition coefficient (Wildman–Crippen LogP) is 0.839. The van der Waals surface area contributed by atoms with Gasteiger partial charge in [0.25, 0.3) is 0 Å². The lowest BCUT2D eigenvalue weighted by atomic mass is 10.2. The summed E-state index contributed by atoms with van der Waals surface area (Å²) in [6, 6.07) is 1.90. The van der Waals surface area contributed by atoms with Crippen LogP contribution in [0.25, 0.3) is 0 Å². The van der Waals surface area contributed by atoms with Crippen LogP contribution in [0.3, 0.4) is 0 Å². The Bertz CT molecular complexity index is 365. The van der Waals surface area contributed by atoms with Crippen molar-refractivity contribution in [2.45, 2.75) is 38.2 Å². The third-order valence-electron chi connectivity index (χ3n) is 2.42. The van der Waals surface area contributed by atoms with Crippen LogP contribution >= 0.6 is 0 Å². The van der Waals surface area contributed by atoms with E-state index in [4.69, 9.17) is 9.78 Å². The lowest BCUT2D eigenvalue weighted by Crippen LogP contribution is -2.09. The lowest BCUT2D eigenvalue weighted by molar-refractivity contribution is 0.167. The molecule has 0 aromatic carbocycles. The first-order valence-electron chi connectivity index (χ1n) is 5.14. The van der Waals surface area contributed by atoms with Gasteiger partial charge in [-0.1, -0.05) is 5.16 Å². The third-order valence-corrected chi connectivity index (χ3v) is 2.42. The van der Waals surface area contributed by atoms with Gasteiger partial charge in [-0.25, -0.2) is 0 Å². The van der Waals surface area contributed by atoms with Crippen LogP contribution in [0, 0.1) is 17.2 Å². The molecular weight excluding hydrogens is 194 g/mol. The van der Waals surface area contributed by atoms with E-state index < -0.39 is 6.10 Å². The van der Waals surface area contributed by atoms with Crippen LogP contribution < -0.4 is 0 Å². The molecule has 5 heteroatoms. The molecule has 0 spiro atoms. The summed E-state index contributed by atoms with van der Waals surface area (Å²) in [7, 11) is 0. The molecule has 1 aromatic heterocycles. The minimum absolute atomic E-state index is 0.0976. The summed E-state index contributed by atoms with van der Waals surface area (Å²) in [5, 5.41) is 21.6. The average molecular weight is 207 g/mol. The molecule has 2 rings (SSSR count). The molecule has 1 aromatic rings. The maximum atomic E-state index is 9.36. The average Bonchev–Trinajstić information content (AvgIpc) is 2.88. The Hall–Kier alpha value is -1.41. The Labute approximate surface area is 87.7 Å². The SMILES string of the molecule is N#CCC(O)Cc1nc(CC2CC2)no1. The predicted molar refractivity (Wildman–Crippen MR) is 50.7 cm³/mol. The molecule has 15 heavy (non-hydrogen) atoms. The van der Waals surface area contributed by atoms with Crippen LogP contribution in [0.15, 0.2) is 4.52 Å². The fraction of sp³-hybridized carbons (Fsp3) is 0.700. The van der Waals surface area contributed by atoms with E-state index in [1.807, 2.05) is 6.07 Å². The van der Waals surface area contributed by atoms with Gasteiger partial charge in [-0.05, 0) is 18.8 Å². The molecule has 5 nitrogen and oxygen atoms in total. The molecule has 1 atom stereocenters. The first kappa shape index (κ1) is 10.1. The van der Waals surface area contributed by atoms with Crippen molar-refractivity contribution in [3.05, 3.63) is 11.7 Å². The molecule has 80 valence electrons. The zero-order valence-electron chi connectivity index (χ0n) is 8.39. The van der Waals surface area contributed by atoms with Crippen LogP contribution in [-0.2, 0) is 12.8 Å². The van der Waals surface area contributed by atoms with Gasteiger partial charge in [0.1, 0.15) is 0 Å². The summed E-state index contributed by atoms with van der Waals surface area (Å²) >= 11 is 0. The molecular formula is C10H13N3O2. The van der Waals surface area contributed by atoms with Gasteiger partial charge in [0.15, 0.2) is 5.82 Å². The summed E-state index contributed by atoms with van der Waals surface area (Å²) in [5.74, 6) is 1.87. The zero-order chi connectivity index (χ0) is 10.7. The molecule has 1 N–H and O–H groups in total. The van der Waals surface area contributed by atoms with Crippen LogP contribution in [0.4, 0.5) is 0 Å². The highest BCUT2D eigenvalue weighted by molar-refractivity contribution is 4.93. The van der Waals surface area contributed by atoms with E-state index in [-0.39, 0.29) is 12.8 Å². The summed E-state index contributed by atoms with van der Waals surface area (Å²) in [5.41, 5.74) is 0. The fourth-order valence-electron chi connectivity index (χ4n) is 1.42. The van der Waals surface area contributed by atoms with Crippen molar-refractivity contribution in [2.75, 3.05) is 0 Å². The van der Waals surface area contributed by atoms with Crippen LogP contribution in [-0.4, -0.2) is 21.4 Å². The minimum Gasteiger partial charge on any atom is -0.392 e. The van der Waals surface area contributed by atoms with Gasteiger partial charge in [-0.15, -0.1) is 0 Å². The van der Waals surface area contributed by atoms with Crippen molar-refractivity contribution in [1.82, 2.24) is 10.1 Å². The topological polar surface area (TPSA) is 82.9 Å². The molecule has 0 saturated heterocycles. The Balaban J connectivity index is 1.86. The van der Waals surface area contributed by atoms with Crippen molar-refractivity contribution >= 4 is 0 Å². The van der Waals surface area contributed by atoms with Crippen LogP contribution in [0.2, 0.25) is 0 Å². The first-order chi connectivity index (χ1) is 7.28. The van der Waals surface area contributed by atoms with E-state index in [2.05, 4.69) is 10.1 Å². The van der Waals surface area contributed by atoms with Gasteiger partial charge in [0, 0.05) is 6.42 Å². The number of nitriles is 1. The Morgan fingerprint density at radius 2 is 2.40 bits per heavy atom. The molecule has 1 fully saturated rings. The molecule has 1 unspecified atom stereocenters. The highest BCUT2D eigenvalue weighted by Crippen LogP contribution is 2.31. The van der Waals surface area contributed by atoms with E-state index in [9.17, 15) is 5.11 Å². The second-order valence-electron chi connectivity index (χ2n) is 3.97. The fourth-order valence-corrected chi connectivity index (χ4v) is 1.42. The maximum Gasteiger partial charge on any atom is 0.229 e. The largest absolute Gasteiger partial charge is 0.392 e. The zero-order valence-corrected chi connectivity index (χ0v) is 8.39. The third kappa shape index (κ3) is 3.03. The van der Waals surface area contributed by atoms with Gasteiger partial charge in [-0.3, -0.25) is 0 Å². The number of aromatic nitrogens is 2. The number of aliphatic hydroxyl groups is 1. The smallest absolute Gasteiger partial charge is 0.229 e. The molecule has 1 saturated carbocycles. The molecule has 1 aliphatic rings. The molecule has 1 heterocycles. The number of rotatable bonds is 5. The standard InChI is InChI=1S/C10H13N3O2/c11-4-3-8(14)6-10-12-9(13-15-10)5-7-1-2-7/h7-8,14H,1-3,5-6H2. The highest BCUT2D eigenvalue weighted by atomic mass is 16.5. The summed E-state index contributed by atoms with van der Waals surface area (Å²) in [4.78, 5) is 4.17. The molecule has 0 amide bonds. The summed E-state index contributed by atoms with van der Waals surface area (Å²) in [6.07, 6.45) is 3.04. The van der Waals surface area contributed by atoms with Crippen molar-refractivity contribution in [3.63, 3.8) is 0 Å². The Morgan fingerprint density at radius 3 is 3.07 bits per heavy atom. The summed E-state index contributed by atoms with van der Waals surface area (Å²) in [6.45, 7) is 0. The second-order valence-corrected chi connectivity index (χ2v) is 3.97. The molecule has 0 aliphatic heterocycles. The van der Waals surface area contributed by atoms with Gasteiger partial charge < -0.3 is 9.63 Å². The van der Waals surface area contributed by atoms with E-state index in [0.29, 0.717) is 5.89 Å². The first-order valence-corrected chi connectivity index (χ1v) is 5.14. The number of hydrogen-bond acceptors (Lipinski definition) is 5. The van der Waals surface area contributed by atoms with Gasteiger partial charge in [0.2, 0.25) is 5.89 Å². The maximum absolute atomic E-state index is 9.36. The molecule has 0 radical (unpaired) electrons. The number of hydrogen-bond donors (Lipinski definition) is 1. The summed E-state index contributed by atoms with van der Waals surface area (Å²) < 4.78 is 4.98. The van der Waals surface area contributed by atoms with E-state index in [1.165, 1.54) is 12.8 Å². The minimum atomic E-state index is -0.704. The van der Waals surface area contributed by atoms with Crippen molar-refractivity contribution in [2.24, 2.45) is 5.92 Å². The van der Waals surface area contributed by atoms with Gasteiger partial charge in [0.05, 0.1) is 25.0 Å². The van der Waals surface area contributed by atoms with Crippen molar-refractivity contribution in [1.29, 1.82) is 5.26 Å². The Morgan fingerprint density at radius 1 is 1.60 bits per heavy atom. The number of aliphatic hydroxyl groups excluding tert-OH is 1. The van der Waals surface area contributed by atoms with E-state index in [0.717, 1.165) is 18.2 Å². The van der Waals surface area contributed by atoms with E-state index in [1.54, 1.807) is 0 Å². The van der Waals surface area contributed by atoms with Gasteiger partial charge in [-0.2, -0.15) is 10.2 Å². The second kappa shape index (κ2) is 4.41. The van der Waals surface area contributed by atoms with E-state index >= 15 is 0 Å². The normalized spacial score (nSPS) is 17.3. The lowest BCUT2D eigenvalue weighted by Gasteiger charge is -1.99. The van der Waals surface area contributed by atoms with Crippen LogP contribution in [0.1, 0.15) is 31.0 Å². The quantitative estimate of drug-likeness (QED) is 0.773. The number of nitrogens with zero attached hydrogens (tertiary/aromatic N) is 3. The van der Waals surface area contributed by atoms with Crippen molar-refractivity contribution < 1.29 is 9.63 Å². The van der Waals surface area contributed by atoms with Gasteiger partial charge >= 0.3 is 0 Å².